The molecule has 1 aromatic heterocycles. The maximum Gasteiger partial charge on any atom is 0.412 e. The molecule has 5 heteroatoms. The van der Waals surface area contributed by atoms with E-state index >= 15 is 0 Å². The van der Waals surface area contributed by atoms with E-state index in [1.165, 1.54) is 7.11 Å². The Morgan fingerprint density at radius 1 is 1.62 bits per heavy atom. The van der Waals surface area contributed by atoms with Gasteiger partial charge in [0.25, 0.3) is 0 Å². The molecule has 0 fully saturated rings. The Balaban J connectivity index is 2.65. The summed E-state index contributed by atoms with van der Waals surface area (Å²) in [5.74, 6) is 0. The van der Waals surface area contributed by atoms with Gasteiger partial charge in [0, 0.05) is 6.20 Å². The first-order valence-corrected chi connectivity index (χ1v) is 3.95. The highest BCUT2D eigenvalue weighted by Gasteiger charge is 2.05. The van der Waals surface area contributed by atoms with E-state index in [-0.39, 0.29) is 4.99 Å². The smallest absolute Gasteiger partial charge is 0.412 e. The largest absolute Gasteiger partial charge is 0.453 e. The van der Waals surface area contributed by atoms with Crippen LogP contribution in [0.3, 0.4) is 0 Å². The maximum absolute atomic E-state index is 10.7. The minimum Gasteiger partial charge on any atom is -0.453 e. The van der Waals surface area contributed by atoms with Crippen molar-refractivity contribution in [1.29, 1.82) is 0 Å². The number of carbonyl (C=O) groups is 1. The highest BCUT2D eigenvalue weighted by atomic mass is 32.1. The van der Waals surface area contributed by atoms with Crippen molar-refractivity contribution in [3.8, 4) is 0 Å². The first-order valence-electron chi connectivity index (χ1n) is 3.54. The van der Waals surface area contributed by atoms with Crippen molar-refractivity contribution in [2.45, 2.75) is 0 Å². The minimum absolute atomic E-state index is 0.257. The van der Waals surface area contributed by atoms with Crippen molar-refractivity contribution in [1.82, 2.24) is 10.3 Å². The van der Waals surface area contributed by atoms with Gasteiger partial charge in [-0.15, -0.1) is 0 Å². The third-order valence-corrected chi connectivity index (χ3v) is 1.61. The highest BCUT2D eigenvalue weighted by molar-refractivity contribution is 7.80. The number of nitrogens with zero attached hydrogens (tertiary/aromatic N) is 1. The van der Waals surface area contributed by atoms with Crippen LogP contribution in [0.25, 0.3) is 0 Å². The van der Waals surface area contributed by atoms with E-state index in [1.807, 2.05) is 0 Å². The van der Waals surface area contributed by atoms with Crippen LogP contribution >= 0.6 is 12.2 Å². The van der Waals surface area contributed by atoms with Gasteiger partial charge in [0.05, 0.1) is 12.8 Å². The van der Waals surface area contributed by atoms with Gasteiger partial charge in [-0.05, 0) is 12.1 Å². The van der Waals surface area contributed by atoms with Crippen molar-refractivity contribution in [3.05, 3.63) is 30.1 Å². The van der Waals surface area contributed by atoms with E-state index < -0.39 is 6.09 Å². The van der Waals surface area contributed by atoms with Crippen LogP contribution in [0.15, 0.2) is 24.4 Å². The molecule has 0 aromatic carbocycles. The number of alkyl carbamates (subject to hydrolysis) is 1. The molecule has 1 N–H and O–H groups in total. The normalized spacial score (nSPS) is 9.00. The molecule has 0 unspecified atom stereocenters. The Morgan fingerprint density at radius 2 is 2.38 bits per heavy atom. The molecular formula is C8H8N2O2S. The predicted octanol–water partition coefficient (Wildman–Crippen LogP) is 1.11. The second-order valence-corrected chi connectivity index (χ2v) is 2.57. The van der Waals surface area contributed by atoms with Gasteiger partial charge < -0.3 is 4.74 Å². The van der Waals surface area contributed by atoms with Crippen LogP contribution in [0.2, 0.25) is 0 Å². The fraction of sp³-hybridized carbons (Fsp3) is 0.125. The zero-order valence-electron chi connectivity index (χ0n) is 6.98. The summed E-state index contributed by atoms with van der Waals surface area (Å²) in [6.07, 6.45) is 1.01. The molecule has 0 aliphatic rings. The molecule has 0 saturated carbocycles. The van der Waals surface area contributed by atoms with Crippen LogP contribution in [-0.2, 0) is 4.74 Å². The van der Waals surface area contributed by atoms with E-state index in [9.17, 15) is 4.79 Å². The van der Waals surface area contributed by atoms with Gasteiger partial charge in [0.2, 0.25) is 0 Å². The molecule has 0 atom stereocenters. The molecule has 1 amide bonds. The highest BCUT2D eigenvalue weighted by Crippen LogP contribution is 1.94. The van der Waals surface area contributed by atoms with Crippen molar-refractivity contribution in [2.24, 2.45) is 0 Å². The topological polar surface area (TPSA) is 51.2 Å². The van der Waals surface area contributed by atoms with Crippen LogP contribution in [0.5, 0.6) is 0 Å². The van der Waals surface area contributed by atoms with Crippen molar-refractivity contribution in [2.75, 3.05) is 7.11 Å². The second kappa shape index (κ2) is 4.51. The number of aromatic nitrogens is 1. The summed E-state index contributed by atoms with van der Waals surface area (Å²) in [5, 5.41) is 2.35. The minimum atomic E-state index is -0.587. The average molecular weight is 196 g/mol. The van der Waals surface area contributed by atoms with Crippen LogP contribution in [0.1, 0.15) is 5.69 Å². The zero-order valence-corrected chi connectivity index (χ0v) is 7.80. The monoisotopic (exact) mass is 196 g/mol. The molecule has 0 aliphatic heterocycles. The molecule has 1 heterocycles. The number of amides is 1. The van der Waals surface area contributed by atoms with E-state index in [0.29, 0.717) is 5.69 Å². The molecule has 0 spiro atoms. The Morgan fingerprint density at radius 3 is 2.92 bits per heavy atom. The number of nitrogens with one attached hydrogen (secondary N) is 1. The van der Waals surface area contributed by atoms with Crippen molar-refractivity contribution >= 4 is 23.3 Å². The summed E-state index contributed by atoms with van der Waals surface area (Å²) in [5.41, 5.74) is 0.544. The first-order chi connectivity index (χ1) is 6.24. The van der Waals surface area contributed by atoms with Gasteiger partial charge in [-0.2, -0.15) is 0 Å². The predicted molar refractivity (Wildman–Crippen MR) is 51.5 cm³/mol. The molecule has 4 nitrogen and oxygen atoms in total. The Bertz CT molecular complexity index is 313. The number of pyridine rings is 1. The fourth-order valence-corrected chi connectivity index (χ4v) is 0.909. The van der Waals surface area contributed by atoms with Gasteiger partial charge in [-0.1, -0.05) is 18.3 Å². The second-order valence-electron chi connectivity index (χ2n) is 2.16. The van der Waals surface area contributed by atoms with Gasteiger partial charge in [-0.25, -0.2) is 4.79 Å². The van der Waals surface area contributed by atoms with Crippen LogP contribution in [0.4, 0.5) is 4.79 Å². The van der Waals surface area contributed by atoms with Crippen molar-refractivity contribution < 1.29 is 9.53 Å². The fourth-order valence-electron chi connectivity index (χ4n) is 0.705. The third-order valence-electron chi connectivity index (χ3n) is 1.30. The van der Waals surface area contributed by atoms with Crippen molar-refractivity contribution in [3.63, 3.8) is 0 Å². The van der Waals surface area contributed by atoms with E-state index in [1.54, 1.807) is 24.4 Å². The summed E-state index contributed by atoms with van der Waals surface area (Å²) < 4.78 is 4.38. The van der Waals surface area contributed by atoms with Crippen LogP contribution in [0, 0.1) is 0 Å². The van der Waals surface area contributed by atoms with Crippen LogP contribution < -0.4 is 5.32 Å². The summed E-state index contributed by atoms with van der Waals surface area (Å²) in [6.45, 7) is 0. The van der Waals surface area contributed by atoms with Gasteiger partial charge in [0.15, 0.2) is 0 Å². The molecule has 1 aromatic rings. The lowest BCUT2D eigenvalue weighted by atomic mass is 10.3. The lowest BCUT2D eigenvalue weighted by Gasteiger charge is -2.03. The van der Waals surface area contributed by atoms with Crippen LogP contribution in [-0.4, -0.2) is 23.2 Å². The van der Waals surface area contributed by atoms with Gasteiger partial charge in [0.1, 0.15) is 4.99 Å². The summed E-state index contributed by atoms with van der Waals surface area (Å²) >= 11 is 4.89. The zero-order chi connectivity index (χ0) is 9.68. The molecule has 68 valence electrons. The lowest BCUT2D eigenvalue weighted by molar-refractivity contribution is 0.177. The quantitative estimate of drug-likeness (QED) is 0.684. The molecule has 1 rings (SSSR count). The summed E-state index contributed by atoms with van der Waals surface area (Å²) in [4.78, 5) is 15.0. The van der Waals surface area contributed by atoms with Gasteiger partial charge >= 0.3 is 6.09 Å². The van der Waals surface area contributed by atoms with E-state index in [4.69, 9.17) is 12.2 Å². The average Bonchev–Trinajstić information content (AvgIpc) is 2.19. The number of carbonyl (C=O) groups excluding carboxylic acids is 1. The molecule has 0 bridgehead atoms. The summed E-state index contributed by atoms with van der Waals surface area (Å²) in [6, 6.07) is 5.26. The number of rotatable bonds is 1. The number of ether oxygens (including phenoxy) is 1. The van der Waals surface area contributed by atoms with E-state index in [2.05, 4.69) is 15.0 Å². The molecule has 0 radical (unpaired) electrons. The molecular weight excluding hydrogens is 188 g/mol. The summed E-state index contributed by atoms with van der Waals surface area (Å²) in [7, 11) is 1.27. The van der Waals surface area contributed by atoms with E-state index in [0.717, 1.165) is 0 Å². The standard InChI is InChI=1S/C8H8N2O2S/c1-12-8(11)10-7(13)6-4-2-3-5-9-6/h2-5H,1H3,(H,10,11,13). The molecule has 0 saturated heterocycles. The maximum atomic E-state index is 10.7. The SMILES string of the molecule is COC(=O)NC(=S)c1ccccn1. The lowest BCUT2D eigenvalue weighted by Crippen LogP contribution is -2.29. The number of hydrogen-bond acceptors (Lipinski definition) is 4. The Kier molecular flexibility index (Phi) is 3.33. The van der Waals surface area contributed by atoms with Gasteiger partial charge in [-0.3, -0.25) is 10.3 Å². The molecule has 13 heavy (non-hydrogen) atoms. The Labute approximate surface area is 80.9 Å². The number of thiocarbonyl (C=S) groups is 1. The molecule has 0 aliphatic carbocycles. The number of methoxy groups -OCH3 is 1. The third kappa shape index (κ3) is 2.79. The Hall–Kier alpha value is -1.49. The number of hydrogen-bond donors (Lipinski definition) is 1. The first kappa shape index (κ1) is 9.60.